The van der Waals surface area contributed by atoms with Crippen molar-refractivity contribution in [3.8, 4) is 0 Å². The molecule has 1 aliphatic heterocycles. The zero-order chi connectivity index (χ0) is 19.2. The number of esters is 1. The van der Waals surface area contributed by atoms with E-state index in [1.165, 1.54) is 35.0 Å². The van der Waals surface area contributed by atoms with Gasteiger partial charge in [0.25, 0.3) is 0 Å². The zero-order valence-corrected chi connectivity index (χ0v) is 16.0. The molecule has 7 nitrogen and oxygen atoms in total. The fraction of sp³-hybridized carbons (Fsp3) is 0.316. The lowest BCUT2D eigenvalue weighted by molar-refractivity contribution is -0.146. The minimum absolute atomic E-state index is 0.0173. The van der Waals surface area contributed by atoms with Crippen molar-refractivity contribution in [1.82, 2.24) is 4.98 Å². The Balaban J connectivity index is 1.69. The second kappa shape index (κ2) is 8.68. The summed E-state index contributed by atoms with van der Waals surface area (Å²) < 4.78 is 15.4. The first-order chi connectivity index (χ1) is 13.1. The van der Waals surface area contributed by atoms with Gasteiger partial charge in [0.2, 0.25) is 11.7 Å². The highest BCUT2D eigenvalue weighted by Gasteiger charge is 2.20. The van der Waals surface area contributed by atoms with E-state index in [9.17, 15) is 9.59 Å². The Morgan fingerprint density at radius 1 is 1.26 bits per heavy atom. The summed E-state index contributed by atoms with van der Waals surface area (Å²) in [6.45, 7) is 4.27. The first-order valence-corrected chi connectivity index (χ1v) is 9.42. The lowest BCUT2D eigenvalue weighted by Crippen LogP contribution is -2.22. The molecule has 2 aromatic rings. The van der Waals surface area contributed by atoms with Gasteiger partial charge in [-0.3, -0.25) is 9.69 Å². The summed E-state index contributed by atoms with van der Waals surface area (Å²) in [5.41, 5.74) is 2.49. The van der Waals surface area contributed by atoms with E-state index < -0.39 is 5.97 Å². The number of carbonyl (C=O) groups is 2. The number of carbonyl (C=O) groups excluding carboxylic acids is 2. The summed E-state index contributed by atoms with van der Waals surface area (Å²) in [4.78, 5) is 30.0. The van der Waals surface area contributed by atoms with Crippen LogP contribution < -0.4 is 4.90 Å². The molecule has 27 heavy (non-hydrogen) atoms. The number of aryl methyl sites for hydroxylation is 1. The Morgan fingerprint density at radius 2 is 2.04 bits per heavy atom. The van der Waals surface area contributed by atoms with Gasteiger partial charge >= 0.3 is 5.97 Å². The molecule has 142 valence electrons. The summed E-state index contributed by atoms with van der Waals surface area (Å²) >= 11 is 1.31. The van der Waals surface area contributed by atoms with Gasteiger partial charge in [0.1, 0.15) is 26.1 Å². The molecule has 8 heteroatoms. The number of nitrogens with zero attached hydrogens (tertiary/aromatic N) is 2. The average molecular weight is 388 g/mol. The van der Waals surface area contributed by atoms with Crippen LogP contribution in [0.3, 0.4) is 0 Å². The lowest BCUT2D eigenvalue weighted by Gasteiger charge is -2.18. The third-order valence-electron chi connectivity index (χ3n) is 3.85. The van der Waals surface area contributed by atoms with Crippen molar-refractivity contribution in [2.45, 2.75) is 26.9 Å². The molecule has 1 aromatic heterocycles. The maximum Gasteiger partial charge on any atom is 0.377 e. The van der Waals surface area contributed by atoms with Gasteiger partial charge in [0, 0.05) is 12.3 Å². The van der Waals surface area contributed by atoms with Gasteiger partial charge in [0.05, 0.1) is 11.4 Å². The SMILES string of the molecule is CCc1ccc(N(C(C)=O)c2nc(COC(=O)C3=COCCO3)cs2)cc1. The van der Waals surface area contributed by atoms with Gasteiger partial charge in [-0.05, 0) is 24.1 Å². The smallest absolute Gasteiger partial charge is 0.377 e. The maximum absolute atomic E-state index is 12.2. The van der Waals surface area contributed by atoms with Crippen LogP contribution in [0.1, 0.15) is 25.1 Å². The molecule has 0 atom stereocenters. The fourth-order valence-corrected chi connectivity index (χ4v) is 3.33. The highest BCUT2D eigenvalue weighted by atomic mass is 32.1. The minimum atomic E-state index is -0.608. The Hall–Kier alpha value is -2.87. The van der Waals surface area contributed by atoms with Gasteiger partial charge in [0.15, 0.2) is 5.13 Å². The molecule has 0 spiro atoms. The van der Waals surface area contributed by atoms with E-state index in [1.54, 1.807) is 5.38 Å². The summed E-state index contributed by atoms with van der Waals surface area (Å²) in [5, 5.41) is 2.28. The van der Waals surface area contributed by atoms with Crippen LogP contribution in [-0.4, -0.2) is 30.1 Å². The van der Waals surface area contributed by atoms with E-state index in [2.05, 4.69) is 11.9 Å². The summed E-state index contributed by atoms with van der Waals surface area (Å²) in [5.74, 6) is -0.712. The largest absolute Gasteiger partial charge is 0.493 e. The van der Waals surface area contributed by atoms with Crippen LogP contribution in [0.2, 0.25) is 0 Å². The first-order valence-electron chi connectivity index (χ1n) is 8.54. The van der Waals surface area contributed by atoms with E-state index in [0.717, 1.165) is 12.1 Å². The quantitative estimate of drug-likeness (QED) is 0.707. The number of aromatic nitrogens is 1. The number of hydrogen-bond donors (Lipinski definition) is 0. The molecular weight excluding hydrogens is 368 g/mol. The predicted octanol–water partition coefficient (Wildman–Crippen LogP) is 3.32. The second-order valence-corrected chi connectivity index (χ2v) is 6.61. The van der Waals surface area contributed by atoms with Gasteiger partial charge in [-0.15, -0.1) is 11.3 Å². The summed E-state index contributed by atoms with van der Waals surface area (Å²) in [7, 11) is 0. The minimum Gasteiger partial charge on any atom is -0.493 e. The van der Waals surface area contributed by atoms with Crippen LogP contribution in [0, 0.1) is 0 Å². The normalized spacial score (nSPS) is 13.2. The van der Waals surface area contributed by atoms with Crippen LogP contribution in [0.4, 0.5) is 10.8 Å². The number of rotatable bonds is 6. The molecule has 0 saturated carbocycles. The molecule has 1 aliphatic rings. The highest BCUT2D eigenvalue weighted by Crippen LogP contribution is 2.29. The van der Waals surface area contributed by atoms with Crippen molar-refractivity contribution in [3.63, 3.8) is 0 Å². The summed E-state index contributed by atoms with van der Waals surface area (Å²) in [6, 6.07) is 7.77. The maximum atomic E-state index is 12.2. The topological polar surface area (TPSA) is 78.0 Å². The van der Waals surface area contributed by atoms with E-state index in [0.29, 0.717) is 24.0 Å². The standard InChI is InChI=1S/C19H20N2O5S/c1-3-14-4-6-16(7-5-14)21(13(2)22)19-20-15(12-27-19)10-26-18(23)17-11-24-8-9-25-17/h4-7,11-12H,3,8-10H2,1-2H3. The second-order valence-electron chi connectivity index (χ2n) is 5.77. The van der Waals surface area contributed by atoms with Crippen molar-refractivity contribution in [2.75, 3.05) is 18.1 Å². The predicted molar refractivity (Wildman–Crippen MR) is 101 cm³/mol. The molecule has 0 unspecified atom stereocenters. The van der Waals surface area contributed by atoms with E-state index in [4.69, 9.17) is 14.2 Å². The van der Waals surface area contributed by atoms with Crippen LogP contribution >= 0.6 is 11.3 Å². The molecule has 2 heterocycles. The van der Waals surface area contributed by atoms with Crippen molar-refractivity contribution >= 4 is 34.0 Å². The fourth-order valence-electron chi connectivity index (χ4n) is 2.46. The van der Waals surface area contributed by atoms with Crippen LogP contribution in [0.5, 0.6) is 0 Å². The Kier molecular flexibility index (Phi) is 6.08. The average Bonchev–Trinajstić information content (AvgIpc) is 3.15. The number of thiazole rings is 1. The van der Waals surface area contributed by atoms with Crippen molar-refractivity contribution in [2.24, 2.45) is 0 Å². The monoisotopic (exact) mass is 388 g/mol. The molecule has 0 fully saturated rings. The number of ether oxygens (including phenoxy) is 3. The van der Waals surface area contributed by atoms with E-state index >= 15 is 0 Å². The van der Waals surface area contributed by atoms with E-state index in [-0.39, 0.29) is 18.3 Å². The van der Waals surface area contributed by atoms with Crippen molar-refractivity contribution < 1.29 is 23.8 Å². The third kappa shape index (κ3) is 4.65. The molecule has 0 radical (unpaired) electrons. The molecule has 1 amide bonds. The number of benzene rings is 1. The molecule has 0 N–H and O–H groups in total. The third-order valence-corrected chi connectivity index (χ3v) is 4.72. The summed E-state index contributed by atoms with van der Waals surface area (Å²) in [6.07, 6.45) is 2.17. The zero-order valence-electron chi connectivity index (χ0n) is 15.1. The first kappa shape index (κ1) is 18.9. The van der Waals surface area contributed by atoms with Gasteiger partial charge < -0.3 is 14.2 Å². The van der Waals surface area contributed by atoms with E-state index in [1.807, 2.05) is 24.3 Å². The van der Waals surface area contributed by atoms with Gasteiger partial charge in [-0.2, -0.15) is 0 Å². The molecule has 0 saturated heterocycles. The van der Waals surface area contributed by atoms with Crippen molar-refractivity contribution in [1.29, 1.82) is 0 Å². The Bertz CT molecular complexity index is 844. The van der Waals surface area contributed by atoms with Gasteiger partial charge in [-0.25, -0.2) is 9.78 Å². The van der Waals surface area contributed by atoms with Crippen LogP contribution in [-0.2, 0) is 36.8 Å². The molecule has 1 aromatic carbocycles. The number of amides is 1. The van der Waals surface area contributed by atoms with Crippen LogP contribution in [0.25, 0.3) is 0 Å². The number of anilines is 2. The highest BCUT2D eigenvalue weighted by molar-refractivity contribution is 7.14. The Morgan fingerprint density at radius 3 is 2.67 bits per heavy atom. The van der Waals surface area contributed by atoms with Gasteiger partial charge in [-0.1, -0.05) is 19.1 Å². The molecule has 3 rings (SSSR count). The lowest BCUT2D eigenvalue weighted by atomic mass is 10.1. The Labute approximate surface area is 161 Å². The molecular formula is C19H20N2O5S. The van der Waals surface area contributed by atoms with Crippen LogP contribution in [0.15, 0.2) is 41.7 Å². The molecule has 0 bridgehead atoms. The van der Waals surface area contributed by atoms with Crippen molar-refractivity contribution in [3.05, 3.63) is 52.9 Å². The number of hydrogen-bond acceptors (Lipinski definition) is 7. The molecule has 0 aliphatic carbocycles.